The molecule has 0 aliphatic rings. The molecule has 79 heavy (non-hydrogen) atoms. The highest BCUT2D eigenvalue weighted by Gasteiger charge is 2.22. The summed E-state index contributed by atoms with van der Waals surface area (Å²) in [7, 11) is 0. The van der Waals surface area contributed by atoms with Gasteiger partial charge in [0.05, 0.1) is 51.0 Å². The number of benzene rings is 3. The predicted octanol–water partition coefficient (Wildman–Crippen LogP) is 22.6. The summed E-state index contributed by atoms with van der Waals surface area (Å²) in [6.07, 6.45) is 42.5. The molecule has 4 aromatic rings. The summed E-state index contributed by atoms with van der Waals surface area (Å²) in [5, 5.41) is 0.643. The number of aromatic nitrogens is 2. The van der Waals surface area contributed by atoms with Gasteiger partial charge in [-0.3, -0.25) is 0 Å². The van der Waals surface area contributed by atoms with Gasteiger partial charge in [0.25, 0.3) is 0 Å². The number of rotatable bonds is 51. The van der Waals surface area contributed by atoms with Gasteiger partial charge in [-0.15, -0.1) is 0 Å². The quantitative estimate of drug-likeness (QED) is 0.0405. The number of halogens is 1. The number of hydrogen-bond acceptors (Lipinski definition) is 8. The van der Waals surface area contributed by atoms with E-state index in [1.54, 1.807) is 0 Å². The molecular weight excluding hydrogens is 1000 g/mol. The van der Waals surface area contributed by atoms with Crippen LogP contribution in [0.25, 0.3) is 33.9 Å². The highest BCUT2D eigenvalue weighted by molar-refractivity contribution is 6.30. The van der Waals surface area contributed by atoms with E-state index in [0.717, 1.165) is 105 Å². The Balaban J connectivity index is 1.88. The van der Waals surface area contributed by atoms with Crippen LogP contribution < -0.4 is 28.4 Å². The summed E-state index contributed by atoms with van der Waals surface area (Å²) in [6.45, 7) is 17.2. The standard InChI is InChI=1S/C70H111ClN2O6/c1-7-13-19-25-31-37-46-74-64-53-59(54-65(75-47-38-32-26-20-14-8-2)68(64)78-50-41-35-29-23-17-11-5)63-57-62(58-44-43-45-61(71)52-58)72-70(73-63)60-55-66(76-48-39-33-27-21-15-9-3)69(79-51-42-36-30-24-18-12-6)67(56-60)77-49-40-34-28-22-16-10-4/h43-45,52-57H,7-42,46-51H2,1-6H3. The van der Waals surface area contributed by atoms with Crippen molar-refractivity contribution in [3.8, 4) is 68.4 Å². The second-order valence-corrected chi connectivity index (χ2v) is 22.7. The Morgan fingerprint density at radius 1 is 0.291 bits per heavy atom. The Labute approximate surface area is 488 Å². The van der Waals surface area contributed by atoms with E-state index in [1.165, 1.54) is 154 Å². The van der Waals surface area contributed by atoms with E-state index < -0.39 is 0 Å². The summed E-state index contributed by atoms with van der Waals surface area (Å²) in [4.78, 5) is 10.8. The summed E-state index contributed by atoms with van der Waals surface area (Å²) < 4.78 is 40.8. The van der Waals surface area contributed by atoms with Gasteiger partial charge >= 0.3 is 0 Å². The minimum Gasteiger partial charge on any atom is -0.490 e. The van der Waals surface area contributed by atoms with Gasteiger partial charge in [-0.1, -0.05) is 258 Å². The Hall–Kier alpha value is -4.17. The van der Waals surface area contributed by atoms with Crippen LogP contribution >= 0.6 is 11.6 Å². The number of nitrogens with zero attached hydrogens (tertiary/aromatic N) is 2. The summed E-state index contributed by atoms with van der Waals surface area (Å²) >= 11 is 6.74. The lowest BCUT2D eigenvalue weighted by Crippen LogP contribution is -2.08. The molecule has 0 saturated heterocycles. The van der Waals surface area contributed by atoms with Crippen LogP contribution in [0.3, 0.4) is 0 Å². The lowest BCUT2D eigenvalue weighted by atomic mass is 10.0. The first kappa shape index (κ1) is 67.3. The molecule has 8 nitrogen and oxygen atoms in total. The van der Waals surface area contributed by atoms with Gasteiger partial charge in [0.1, 0.15) is 0 Å². The lowest BCUT2D eigenvalue weighted by molar-refractivity contribution is 0.234. The molecule has 0 atom stereocenters. The molecule has 0 unspecified atom stereocenters. The molecule has 0 aliphatic carbocycles. The topological polar surface area (TPSA) is 81.2 Å². The van der Waals surface area contributed by atoms with Gasteiger partial charge in [-0.05, 0) is 81.0 Å². The van der Waals surface area contributed by atoms with Crippen molar-refractivity contribution in [1.82, 2.24) is 9.97 Å². The molecule has 0 aliphatic heterocycles. The van der Waals surface area contributed by atoms with Crippen molar-refractivity contribution in [2.45, 2.75) is 273 Å². The minimum atomic E-state index is 0.552. The van der Waals surface area contributed by atoms with Crippen LogP contribution in [0, 0.1) is 0 Å². The monoisotopic (exact) mass is 1110 g/mol. The Bertz CT molecular complexity index is 1940. The molecule has 0 N–H and O–H groups in total. The minimum absolute atomic E-state index is 0.552. The first-order chi connectivity index (χ1) is 39.0. The van der Waals surface area contributed by atoms with Crippen LogP contribution in [0.4, 0.5) is 0 Å². The van der Waals surface area contributed by atoms with Gasteiger partial charge in [-0.2, -0.15) is 0 Å². The molecular formula is C70H111ClN2O6. The highest BCUT2D eigenvalue weighted by atomic mass is 35.5. The van der Waals surface area contributed by atoms with Crippen LogP contribution in [0.5, 0.6) is 34.5 Å². The average Bonchev–Trinajstić information content (AvgIpc) is 3.50. The van der Waals surface area contributed by atoms with Gasteiger partial charge < -0.3 is 28.4 Å². The van der Waals surface area contributed by atoms with E-state index in [0.29, 0.717) is 85.0 Å². The van der Waals surface area contributed by atoms with Crippen LogP contribution in [-0.4, -0.2) is 49.6 Å². The predicted molar refractivity (Wildman–Crippen MR) is 337 cm³/mol. The fourth-order valence-electron chi connectivity index (χ4n) is 10.0. The molecule has 0 fully saturated rings. The zero-order valence-electron chi connectivity index (χ0n) is 51.1. The molecule has 0 saturated carbocycles. The first-order valence-electron chi connectivity index (χ1n) is 32.7. The highest BCUT2D eigenvalue weighted by Crippen LogP contribution is 2.45. The zero-order chi connectivity index (χ0) is 56.2. The van der Waals surface area contributed by atoms with E-state index >= 15 is 0 Å². The van der Waals surface area contributed by atoms with Gasteiger partial charge in [-0.25, -0.2) is 9.97 Å². The third kappa shape index (κ3) is 28.4. The summed E-state index contributed by atoms with van der Waals surface area (Å²) in [5.74, 6) is 4.66. The summed E-state index contributed by atoms with van der Waals surface area (Å²) in [5.41, 5.74) is 4.05. The molecule has 1 aromatic heterocycles. The van der Waals surface area contributed by atoms with E-state index in [2.05, 4.69) is 77.9 Å². The third-order valence-electron chi connectivity index (χ3n) is 15.0. The molecule has 444 valence electrons. The molecule has 0 amide bonds. The second kappa shape index (κ2) is 44.5. The maximum absolute atomic E-state index is 6.82. The number of ether oxygens (including phenoxy) is 6. The largest absolute Gasteiger partial charge is 0.490 e. The van der Waals surface area contributed by atoms with Crippen molar-refractivity contribution >= 4 is 11.6 Å². The lowest BCUT2D eigenvalue weighted by Gasteiger charge is -2.20. The first-order valence-corrected chi connectivity index (χ1v) is 33.1. The average molecular weight is 1110 g/mol. The molecule has 1 heterocycles. The van der Waals surface area contributed by atoms with Crippen molar-refractivity contribution in [2.24, 2.45) is 0 Å². The molecule has 9 heteroatoms. The number of hydrogen-bond donors (Lipinski definition) is 0. The molecule has 0 spiro atoms. The molecule has 4 rings (SSSR count). The summed E-state index contributed by atoms with van der Waals surface area (Å²) in [6, 6.07) is 18.4. The maximum Gasteiger partial charge on any atom is 0.203 e. The number of unbranched alkanes of at least 4 members (excludes halogenated alkanes) is 30. The fraction of sp³-hybridized carbons (Fsp3) is 0.686. The van der Waals surface area contributed by atoms with Gasteiger partial charge in [0.2, 0.25) is 11.5 Å². The molecule has 0 radical (unpaired) electrons. The smallest absolute Gasteiger partial charge is 0.203 e. The van der Waals surface area contributed by atoms with Crippen LogP contribution in [0.1, 0.15) is 273 Å². The van der Waals surface area contributed by atoms with E-state index in [9.17, 15) is 0 Å². The van der Waals surface area contributed by atoms with E-state index in [-0.39, 0.29) is 0 Å². The molecule has 0 bridgehead atoms. The Morgan fingerprint density at radius 3 is 0.886 bits per heavy atom. The van der Waals surface area contributed by atoms with Gasteiger partial charge in [0.15, 0.2) is 28.8 Å². The maximum atomic E-state index is 6.82. The van der Waals surface area contributed by atoms with Crippen LogP contribution in [0.15, 0.2) is 54.6 Å². The normalized spacial score (nSPS) is 11.3. The zero-order valence-corrected chi connectivity index (χ0v) is 51.9. The van der Waals surface area contributed by atoms with Crippen molar-refractivity contribution in [1.29, 1.82) is 0 Å². The van der Waals surface area contributed by atoms with Crippen molar-refractivity contribution in [3.63, 3.8) is 0 Å². The van der Waals surface area contributed by atoms with E-state index in [4.69, 9.17) is 50.0 Å². The second-order valence-electron chi connectivity index (χ2n) is 22.3. The fourth-order valence-corrected chi connectivity index (χ4v) is 10.2. The van der Waals surface area contributed by atoms with Crippen molar-refractivity contribution in [3.05, 3.63) is 59.6 Å². The SMILES string of the molecule is CCCCCCCCOc1cc(-c2cc(-c3cccc(Cl)c3)nc(-c3cc(OCCCCCCCC)c(OCCCCCCCC)c(OCCCCCCCC)c3)n2)cc(OCCCCCCCC)c1OCCCCCCCC. The molecule has 3 aromatic carbocycles. The van der Waals surface area contributed by atoms with Crippen molar-refractivity contribution < 1.29 is 28.4 Å². The van der Waals surface area contributed by atoms with E-state index in [1.807, 2.05) is 18.2 Å². The van der Waals surface area contributed by atoms with Gasteiger partial charge in [0, 0.05) is 21.7 Å². The van der Waals surface area contributed by atoms with Crippen LogP contribution in [-0.2, 0) is 0 Å². The van der Waals surface area contributed by atoms with Crippen molar-refractivity contribution in [2.75, 3.05) is 39.6 Å². The Kier molecular flexibility index (Phi) is 37.9. The van der Waals surface area contributed by atoms with Crippen LogP contribution in [0.2, 0.25) is 5.02 Å². The Morgan fingerprint density at radius 2 is 0.570 bits per heavy atom. The third-order valence-corrected chi connectivity index (χ3v) is 15.2.